The molecule has 0 spiro atoms. The van der Waals surface area contributed by atoms with Gasteiger partial charge in [-0.2, -0.15) is 0 Å². The second kappa shape index (κ2) is 9.08. The molecule has 1 N–H and O–H groups in total. The van der Waals surface area contributed by atoms with Crippen LogP contribution in [0.25, 0.3) is 0 Å². The van der Waals surface area contributed by atoms with Crippen molar-refractivity contribution in [3.63, 3.8) is 0 Å². The van der Waals surface area contributed by atoms with E-state index in [-0.39, 0.29) is 12.5 Å². The molecule has 8 heteroatoms. The predicted molar refractivity (Wildman–Crippen MR) is 123 cm³/mol. The number of halogens is 2. The Labute approximate surface area is 186 Å². The van der Waals surface area contributed by atoms with Crippen molar-refractivity contribution in [3.8, 4) is 0 Å². The summed E-state index contributed by atoms with van der Waals surface area (Å²) in [5.41, 5.74) is 2.99. The van der Waals surface area contributed by atoms with E-state index in [1.54, 1.807) is 42.5 Å². The van der Waals surface area contributed by atoms with Gasteiger partial charge in [0.25, 0.3) is 5.91 Å². The smallest absolute Gasteiger partial charge is 0.255 e. The van der Waals surface area contributed by atoms with Crippen LogP contribution in [0.2, 0.25) is 10.0 Å². The Morgan fingerprint density at radius 2 is 1.53 bits per heavy atom. The molecule has 1 amide bonds. The van der Waals surface area contributed by atoms with Crippen LogP contribution in [0.4, 0.5) is 11.4 Å². The van der Waals surface area contributed by atoms with Crippen LogP contribution < -0.4 is 9.62 Å². The molecule has 3 aromatic rings. The van der Waals surface area contributed by atoms with Crippen molar-refractivity contribution in [2.75, 3.05) is 15.9 Å². The molecule has 30 heavy (non-hydrogen) atoms. The summed E-state index contributed by atoms with van der Waals surface area (Å²) in [6.07, 6.45) is 1.11. The van der Waals surface area contributed by atoms with Gasteiger partial charge in [0, 0.05) is 26.9 Å². The molecule has 0 aliphatic rings. The fourth-order valence-electron chi connectivity index (χ4n) is 2.91. The van der Waals surface area contributed by atoms with Crippen LogP contribution in [-0.4, -0.2) is 20.6 Å². The number of sulfonamides is 1. The molecule has 0 saturated carbocycles. The molecule has 0 bridgehead atoms. The van der Waals surface area contributed by atoms with E-state index in [4.69, 9.17) is 23.2 Å². The summed E-state index contributed by atoms with van der Waals surface area (Å²) in [7, 11) is -3.62. The van der Waals surface area contributed by atoms with Gasteiger partial charge in [-0.05, 0) is 55.0 Å². The van der Waals surface area contributed by atoms with Crippen molar-refractivity contribution >= 4 is 50.5 Å². The summed E-state index contributed by atoms with van der Waals surface area (Å²) >= 11 is 12.4. The van der Waals surface area contributed by atoms with Gasteiger partial charge in [0.2, 0.25) is 10.0 Å². The summed E-state index contributed by atoms with van der Waals surface area (Å²) in [6, 6.07) is 18.8. The van der Waals surface area contributed by atoms with Crippen molar-refractivity contribution in [1.29, 1.82) is 0 Å². The van der Waals surface area contributed by atoms with Gasteiger partial charge in [-0.3, -0.25) is 9.10 Å². The number of para-hydroxylation sites is 1. The molecule has 0 fully saturated rings. The third kappa shape index (κ3) is 5.14. The van der Waals surface area contributed by atoms with Gasteiger partial charge in [-0.1, -0.05) is 47.5 Å². The highest BCUT2D eigenvalue weighted by atomic mass is 35.5. The van der Waals surface area contributed by atoms with Crippen LogP contribution in [0.1, 0.15) is 21.5 Å². The van der Waals surface area contributed by atoms with Gasteiger partial charge < -0.3 is 5.32 Å². The minimum atomic E-state index is -3.62. The lowest BCUT2D eigenvalue weighted by Gasteiger charge is -2.23. The molecule has 0 unspecified atom stereocenters. The van der Waals surface area contributed by atoms with Crippen LogP contribution in [0, 0.1) is 6.92 Å². The number of carbonyl (C=O) groups is 1. The first kappa shape index (κ1) is 22.2. The topological polar surface area (TPSA) is 66.5 Å². The molecule has 3 aromatic carbocycles. The predicted octanol–water partition coefficient (Wildman–Crippen LogP) is 5.52. The first-order valence-corrected chi connectivity index (χ1v) is 11.6. The Kier molecular flexibility index (Phi) is 6.71. The molecular weight excluding hydrogens is 443 g/mol. The summed E-state index contributed by atoms with van der Waals surface area (Å²) in [4.78, 5) is 12.5. The molecule has 0 aliphatic heterocycles. The molecular formula is C22H20Cl2N2O3S. The Bertz CT molecular complexity index is 1160. The number of hydrogen-bond donors (Lipinski definition) is 1. The summed E-state index contributed by atoms with van der Waals surface area (Å²) in [5.74, 6) is -0.282. The van der Waals surface area contributed by atoms with E-state index < -0.39 is 10.0 Å². The maximum Gasteiger partial charge on any atom is 0.255 e. The highest BCUT2D eigenvalue weighted by molar-refractivity contribution is 7.92. The second-order valence-corrected chi connectivity index (χ2v) is 9.51. The molecule has 0 atom stereocenters. The van der Waals surface area contributed by atoms with Gasteiger partial charge in [-0.15, -0.1) is 0 Å². The van der Waals surface area contributed by atoms with Crippen molar-refractivity contribution < 1.29 is 13.2 Å². The molecule has 156 valence electrons. The van der Waals surface area contributed by atoms with Crippen molar-refractivity contribution in [3.05, 3.63) is 93.5 Å². The number of rotatable bonds is 6. The molecule has 5 nitrogen and oxygen atoms in total. The number of hydrogen-bond acceptors (Lipinski definition) is 3. The quantitative estimate of drug-likeness (QED) is 0.524. The molecule has 0 aromatic heterocycles. The third-order valence-electron chi connectivity index (χ3n) is 4.57. The highest BCUT2D eigenvalue weighted by Gasteiger charge is 2.21. The minimum Gasteiger partial charge on any atom is -0.322 e. The molecule has 0 aliphatic carbocycles. The van der Waals surface area contributed by atoms with Gasteiger partial charge in [0.05, 0.1) is 18.5 Å². The SMILES string of the molecule is Cc1ccccc1NC(=O)c1ccc(N(Cc2c(Cl)cccc2Cl)S(C)(=O)=O)cc1. The zero-order valence-electron chi connectivity index (χ0n) is 16.4. The van der Waals surface area contributed by atoms with E-state index in [2.05, 4.69) is 5.32 Å². The minimum absolute atomic E-state index is 0.0217. The van der Waals surface area contributed by atoms with Crippen molar-refractivity contribution in [1.82, 2.24) is 0 Å². The number of amides is 1. The monoisotopic (exact) mass is 462 g/mol. The van der Waals surface area contributed by atoms with E-state index in [0.717, 1.165) is 17.5 Å². The first-order chi connectivity index (χ1) is 14.2. The van der Waals surface area contributed by atoms with Crippen LogP contribution in [0.15, 0.2) is 66.7 Å². The standard InChI is InChI=1S/C22H20Cl2N2O3S/c1-15-6-3-4-9-21(15)25-22(27)16-10-12-17(13-11-16)26(30(2,28)29)14-18-19(23)7-5-8-20(18)24/h3-13H,14H2,1-2H3,(H,25,27). The lowest BCUT2D eigenvalue weighted by Crippen LogP contribution is -2.29. The lowest BCUT2D eigenvalue weighted by atomic mass is 10.1. The maximum absolute atomic E-state index is 12.5. The molecule has 3 rings (SSSR count). The van der Waals surface area contributed by atoms with Crippen molar-refractivity contribution in [2.24, 2.45) is 0 Å². The van der Waals surface area contributed by atoms with Crippen molar-refractivity contribution in [2.45, 2.75) is 13.5 Å². The van der Waals surface area contributed by atoms with Crippen LogP contribution in [0.3, 0.4) is 0 Å². The number of anilines is 2. The molecule has 0 saturated heterocycles. The Hall–Kier alpha value is -2.54. The van der Waals surface area contributed by atoms with Gasteiger partial charge in [-0.25, -0.2) is 8.42 Å². The van der Waals surface area contributed by atoms with Crippen LogP contribution >= 0.6 is 23.2 Å². The Morgan fingerprint density at radius 3 is 2.10 bits per heavy atom. The number of aryl methyl sites for hydroxylation is 1. The normalized spacial score (nSPS) is 11.2. The van der Waals surface area contributed by atoms with Crippen LogP contribution in [-0.2, 0) is 16.6 Å². The number of benzene rings is 3. The third-order valence-corrected chi connectivity index (χ3v) is 6.42. The number of nitrogens with zero attached hydrogens (tertiary/aromatic N) is 1. The Morgan fingerprint density at radius 1 is 0.933 bits per heavy atom. The van der Waals surface area contributed by atoms with Gasteiger partial charge in [0.15, 0.2) is 0 Å². The van der Waals surface area contributed by atoms with E-state index >= 15 is 0 Å². The van der Waals surface area contributed by atoms with E-state index in [1.165, 1.54) is 4.31 Å². The summed E-state index contributed by atoms with van der Waals surface area (Å²) in [6.45, 7) is 1.88. The first-order valence-electron chi connectivity index (χ1n) is 9.04. The second-order valence-electron chi connectivity index (χ2n) is 6.79. The number of carbonyl (C=O) groups excluding carboxylic acids is 1. The van der Waals surface area contributed by atoms with E-state index in [1.807, 2.05) is 31.2 Å². The summed E-state index contributed by atoms with van der Waals surface area (Å²) < 4.78 is 26.0. The maximum atomic E-state index is 12.5. The zero-order chi connectivity index (χ0) is 21.9. The summed E-state index contributed by atoms with van der Waals surface area (Å²) in [5, 5.41) is 3.61. The largest absolute Gasteiger partial charge is 0.322 e. The Balaban J connectivity index is 1.86. The fraction of sp³-hybridized carbons (Fsp3) is 0.136. The van der Waals surface area contributed by atoms with Gasteiger partial charge in [0.1, 0.15) is 0 Å². The fourth-order valence-corrected chi connectivity index (χ4v) is 4.30. The van der Waals surface area contributed by atoms with Crippen LogP contribution in [0.5, 0.6) is 0 Å². The average molecular weight is 463 g/mol. The van der Waals surface area contributed by atoms with E-state index in [0.29, 0.717) is 26.9 Å². The van der Waals surface area contributed by atoms with Gasteiger partial charge >= 0.3 is 0 Å². The number of nitrogens with one attached hydrogen (secondary N) is 1. The molecule has 0 radical (unpaired) electrons. The lowest BCUT2D eigenvalue weighted by molar-refractivity contribution is 0.102. The van der Waals surface area contributed by atoms with E-state index in [9.17, 15) is 13.2 Å². The average Bonchev–Trinajstić information content (AvgIpc) is 2.69. The zero-order valence-corrected chi connectivity index (χ0v) is 18.7. The highest BCUT2D eigenvalue weighted by Crippen LogP contribution is 2.29. The molecule has 0 heterocycles.